The van der Waals surface area contributed by atoms with Crippen LogP contribution in [0.1, 0.15) is 81.8 Å². The molecule has 0 atom stereocenters. The van der Waals surface area contributed by atoms with Gasteiger partial charge in [0.2, 0.25) is 0 Å². The Morgan fingerprint density at radius 2 is 1.06 bits per heavy atom. The fraction of sp³-hybridized carbons (Fsp3) is 0.377. The molecule has 0 aromatic heterocycles. The van der Waals surface area contributed by atoms with Crippen LogP contribution in [0.5, 0.6) is 11.5 Å². The monoisotopic (exact) mass is 1140 g/mol. The van der Waals surface area contributed by atoms with Gasteiger partial charge in [0.1, 0.15) is 5.75 Å². The molecule has 0 bridgehead atoms. The van der Waals surface area contributed by atoms with Crippen LogP contribution in [0.25, 0.3) is 0 Å². The zero-order valence-corrected chi connectivity index (χ0v) is 47.4. The number of hydrogen-bond donors (Lipinski definition) is 0. The summed E-state index contributed by atoms with van der Waals surface area (Å²) in [6.45, 7) is 31.5. The Bertz CT molecular complexity index is 2080. The van der Waals surface area contributed by atoms with Gasteiger partial charge in [0.25, 0.3) is 0 Å². The van der Waals surface area contributed by atoms with Crippen molar-refractivity contribution in [2.24, 2.45) is 0 Å². The average Bonchev–Trinajstić information content (AvgIpc) is 3.77. The van der Waals surface area contributed by atoms with Crippen LogP contribution in [0.15, 0.2) is 115 Å². The van der Waals surface area contributed by atoms with E-state index in [1.165, 1.54) is 44.9 Å². The van der Waals surface area contributed by atoms with Crippen LogP contribution in [-0.4, -0.2) is 60.6 Å². The van der Waals surface area contributed by atoms with E-state index in [1.54, 1.807) is 0 Å². The molecular weight excluding hydrogens is 1070 g/mol. The molecule has 2 saturated heterocycles. The second kappa shape index (κ2) is 30.7. The Balaban J connectivity index is 0. The molecule has 0 saturated carbocycles. The minimum atomic E-state index is 0. The van der Waals surface area contributed by atoms with Crippen LogP contribution in [-0.2, 0) is 43.7 Å². The molecule has 2 aliphatic heterocycles. The third kappa shape index (κ3) is 19.5. The van der Waals surface area contributed by atoms with Crippen molar-refractivity contribution in [3.63, 3.8) is 0 Å². The number of hydrogen-bond acceptors (Lipinski definition) is 5. The number of likely N-dealkylation sites (N-methyl/N-ethyl adjacent to an activating group) is 1. The average molecular weight is 1140 g/mol. The van der Waals surface area contributed by atoms with E-state index < -0.39 is 0 Å². The van der Waals surface area contributed by atoms with E-state index >= 15 is 0 Å². The van der Waals surface area contributed by atoms with Crippen LogP contribution in [0, 0.1) is 41.0 Å². The molecule has 65 heavy (non-hydrogen) atoms. The molecule has 1 radical (unpaired) electrons. The summed E-state index contributed by atoms with van der Waals surface area (Å²) in [5, 5.41) is 0. The van der Waals surface area contributed by atoms with Gasteiger partial charge >= 0.3 is 102 Å². The first kappa shape index (κ1) is 64.4. The molecule has 2 heterocycles. The number of ether oxygens (including phenoxy) is 2. The smallest absolute Gasteiger partial charge is 0.502 e. The van der Waals surface area contributed by atoms with Crippen molar-refractivity contribution in [2.45, 2.75) is 100 Å². The zero-order valence-electron chi connectivity index (χ0n) is 40.6. The molecule has 12 heteroatoms. The molecule has 2 aliphatic rings. The predicted molar refractivity (Wildman–Crippen MR) is 283 cm³/mol. The van der Waals surface area contributed by atoms with E-state index in [9.17, 15) is 0 Å². The standard InChI is InChI=1S/C17H19N2.C16H26N2.C10H14O.C10H12O.4ClH.2Ru/c1-14-7-3-5-9-16(14)18-11-12-19(13-18)17-10-6-4-8-15(17)2;1-7-14-10-8-9-13(2)15(14)17-12-18(5,6)11-16(17,3)4;2*1-8(2)11-10-7-5-4-6-9(10)3;;;;;;/h3-10,13H,11-12H2,1-2H3;8-10,12H,7,11H2,1-6H3;4-8H,1-3H3;3-8H,1-2H3;4*1H;;/q-1;;;;;;;;2*+1. The zero-order chi connectivity index (χ0) is 44.0. The van der Waals surface area contributed by atoms with Crippen molar-refractivity contribution in [2.75, 3.05) is 48.4 Å². The molecule has 0 unspecified atom stereocenters. The van der Waals surface area contributed by atoms with E-state index in [0.717, 1.165) is 47.6 Å². The normalized spacial score (nSPS) is 13.9. The van der Waals surface area contributed by atoms with Crippen molar-refractivity contribution in [3.8, 4) is 11.5 Å². The van der Waals surface area contributed by atoms with Crippen molar-refractivity contribution >= 4 is 71.3 Å². The summed E-state index contributed by atoms with van der Waals surface area (Å²) >= 11 is 2.49. The van der Waals surface area contributed by atoms with Crippen molar-refractivity contribution in [1.82, 2.24) is 0 Å². The molecule has 6 nitrogen and oxygen atoms in total. The topological polar surface area (TPSA) is 28.2 Å². The predicted octanol–water partition coefficient (Wildman–Crippen LogP) is 13.7. The van der Waals surface area contributed by atoms with Crippen LogP contribution in [0.3, 0.4) is 0 Å². The van der Waals surface area contributed by atoms with E-state index in [2.05, 4.69) is 181 Å². The number of anilines is 3. The van der Waals surface area contributed by atoms with Crippen LogP contribution in [0.2, 0.25) is 0 Å². The van der Waals surface area contributed by atoms with Crippen molar-refractivity contribution < 1.29 is 51.3 Å². The minimum Gasteiger partial charge on any atom is -0.502 e. The summed E-state index contributed by atoms with van der Waals surface area (Å²) in [4.78, 5) is 7.16. The fourth-order valence-electron chi connectivity index (χ4n) is 7.80. The first-order valence-electron chi connectivity index (χ1n) is 21.4. The largest absolute Gasteiger partial charge is 1.00 e. The number of benzene rings is 5. The number of quaternary nitrogens is 1. The fourth-order valence-corrected chi connectivity index (χ4v) is 8.21. The molecular formula is C53H75Cl4N4O2Ru2+. The SMILES string of the molecule is CC(C)Oc1ccccc1[CH]=[Ru+].CCc1cccc(C)c1N1[CH-][N+](C)(C)CC1(C)C.Cc1ccccc1N1[CH-]N(c2ccccc2C)CC1.Cc1ccccc1OC(C)C.Cl.Cl.Cl.Cl.[Ru+]. The number of para-hydroxylation sites is 5. The van der Waals surface area contributed by atoms with Crippen molar-refractivity contribution in [3.05, 3.63) is 162 Å². The quantitative estimate of drug-likeness (QED) is 0.0833. The summed E-state index contributed by atoms with van der Waals surface area (Å²) in [5.74, 6) is 1.94. The summed E-state index contributed by atoms with van der Waals surface area (Å²) in [6.07, 6.45) is 1.58. The summed E-state index contributed by atoms with van der Waals surface area (Å²) in [6, 6.07) is 39.8. The minimum absolute atomic E-state index is 0. The maximum atomic E-state index is 5.59. The molecule has 5 aromatic carbocycles. The number of halogens is 4. The van der Waals surface area contributed by atoms with Crippen LogP contribution < -0.4 is 24.2 Å². The third-order valence-electron chi connectivity index (χ3n) is 10.4. The maximum Gasteiger partial charge on any atom is 1.00 e. The van der Waals surface area contributed by atoms with Gasteiger partial charge in [0.05, 0.1) is 18.2 Å². The Morgan fingerprint density at radius 1 is 0.631 bits per heavy atom. The maximum absolute atomic E-state index is 5.59. The molecule has 0 N–H and O–H groups in total. The number of aryl methyl sites for hydroxylation is 5. The molecule has 2 fully saturated rings. The first-order chi connectivity index (χ1) is 28.5. The van der Waals surface area contributed by atoms with E-state index in [-0.39, 0.29) is 86.9 Å². The molecule has 5 aromatic rings. The summed E-state index contributed by atoms with van der Waals surface area (Å²) in [5.41, 5.74) is 12.0. The Morgan fingerprint density at radius 3 is 1.49 bits per heavy atom. The second-order valence-electron chi connectivity index (χ2n) is 17.5. The molecule has 0 amide bonds. The molecule has 362 valence electrons. The molecule has 0 spiro atoms. The van der Waals surface area contributed by atoms with Gasteiger partial charge in [0.15, 0.2) is 0 Å². The van der Waals surface area contributed by atoms with Gasteiger partial charge in [-0.05, 0) is 114 Å². The van der Waals surface area contributed by atoms with E-state index in [0.29, 0.717) is 0 Å². The van der Waals surface area contributed by atoms with Gasteiger partial charge < -0.3 is 23.9 Å². The number of rotatable bonds is 9. The Hall–Kier alpha value is -2.66. The Labute approximate surface area is 441 Å². The molecule has 7 rings (SSSR count). The van der Waals surface area contributed by atoms with Crippen molar-refractivity contribution in [1.29, 1.82) is 0 Å². The van der Waals surface area contributed by atoms with Gasteiger partial charge in [-0.1, -0.05) is 79.7 Å². The second-order valence-corrected chi connectivity index (χ2v) is 18.0. The summed E-state index contributed by atoms with van der Waals surface area (Å²) < 4.78 is 14.1. The van der Waals surface area contributed by atoms with Gasteiger partial charge in [0, 0.05) is 44.2 Å². The van der Waals surface area contributed by atoms with Gasteiger partial charge in [-0.3, -0.25) is 0 Å². The third-order valence-corrected chi connectivity index (χ3v) is 10.9. The molecule has 0 aliphatic carbocycles. The van der Waals surface area contributed by atoms with Gasteiger partial charge in [-0.25, -0.2) is 0 Å². The van der Waals surface area contributed by atoms with Gasteiger partial charge in [-0.2, -0.15) is 6.67 Å². The number of nitrogens with zero attached hydrogens (tertiary/aromatic N) is 4. The van der Waals surface area contributed by atoms with Gasteiger partial charge in [-0.15, -0.1) is 49.6 Å². The van der Waals surface area contributed by atoms with Crippen LogP contribution in [0.4, 0.5) is 17.1 Å². The Kier molecular flexibility index (Phi) is 30.4. The van der Waals surface area contributed by atoms with E-state index in [1.807, 2.05) is 74.8 Å². The van der Waals surface area contributed by atoms with E-state index in [4.69, 9.17) is 9.47 Å². The van der Waals surface area contributed by atoms with Crippen LogP contribution >= 0.6 is 49.6 Å². The first-order valence-corrected chi connectivity index (χ1v) is 22.4. The summed E-state index contributed by atoms with van der Waals surface area (Å²) in [7, 11) is 4.54.